The first-order valence-electron chi connectivity index (χ1n) is 7.12. The number of hydrogen-bond acceptors (Lipinski definition) is 3. The van der Waals surface area contributed by atoms with Crippen LogP contribution in [-0.4, -0.2) is 27.8 Å². The Morgan fingerprint density at radius 2 is 1.96 bits per heavy atom. The van der Waals surface area contributed by atoms with E-state index < -0.39 is 0 Å². The van der Waals surface area contributed by atoms with Crippen LogP contribution in [0, 0.1) is 5.82 Å². The summed E-state index contributed by atoms with van der Waals surface area (Å²) >= 11 is 7.66. The van der Waals surface area contributed by atoms with Crippen LogP contribution in [0.2, 0.25) is 5.02 Å². The first-order chi connectivity index (χ1) is 11.0. The second kappa shape index (κ2) is 6.72. The molecule has 118 valence electrons. The van der Waals surface area contributed by atoms with E-state index >= 15 is 0 Å². The fourth-order valence-electron chi connectivity index (χ4n) is 2.27. The molecule has 3 nitrogen and oxygen atoms in total. The van der Waals surface area contributed by atoms with Crippen LogP contribution < -0.4 is 0 Å². The first-order valence-corrected chi connectivity index (χ1v) is 8.37. The summed E-state index contributed by atoms with van der Waals surface area (Å²) < 4.78 is 13.0. The molecular weight excluding hydrogens is 335 g/mol. The van der Waals surface area contributed by atoms with Gasteiger partial charge in [0.2, 0.25) is 0 Å². The van der Waals surface area contributed by atoms with Crippen LogP contribution in [0.4, 0.5) is 10.1 Å². The highest BCUT2D eigenvalue weighted by Gasteiger charge is 2.31. The third-order valence-corrected chi connectivity index (χ3v) is 4.78. The topological polar surface area (TPSA) is 32.7 Å². The number of hydrogen-bond donors (Lipinski definition) is 0. The predicted molar refractivity (Wildman–Crippen MR) is 93.0 cm³/mol. The highest BCUT2D eigenvalue weighted by atomic mass is 35.5. The average Bonchev–Trinajstić information content (AvgIpc) is 2.90. The van der Waals surface area contributed by atoms with Crippen molar-refractivity contribution in [3.63, 3.8) is 0 Å². The fourth-order valence-corrected chi connectivity index (χ4v) is 3.46. The molecule has 1 atom stereocenters. The molecule has 1 aliphatic rings. The highest BCUT2D eigenvalue weighted by Crippen LogP contribution is 2.32. The molecule has 1 aliphatic heterocycles. The number of nitrogens with zero attached hydrogens (tertiary/aromatic N) is 2. The van der Waals surface area contributed by atoms with Gasteiger partial charge in [-0.15, -0.1) is 0 Å². The van der Waals surface area contributed by atoms with Gasteiger partial charge < -0.3 is 0 Å². The van der Waals surface area contributed by atoms with E-state index in [1.165, 1.54) is 36.0 Å². The number of rotatable bonds is 2. The summed E-state index contributed by atoms with van der Waals surface area (Å²) in [6.45, 7) is 2.59. The lowest BCUT2D eigenvalue weighted by atomic mass is 10.2. The van der Waals surface area contributed by atoms with Crippen LogP contribution >= 0.6 is 23.4 Å². The van der Waals surface area contributed by atoms with E-state index in [1.807, 2.05) is 19.1 Å². The van der Waals surface area contributed by atoms with Crippen molar-refractivity contribution in [2.75, 3.05) is 6.54 Å². The minimum absolute atomic E-state index is 0.187. The lowest BCUT2D eigenvalue weighted by molar-refractivity contribution is 0.0855. The zero-order valence-electron chi connectivity index (χ0n) is 12.4. The van der Waals surface area contributed by atoms with Gasteiger partial charge in [0.05, 0.1) is 10.7 Å². The maximum absolute atomic E-state index is 13.0. The van der Waals surface area contributed by atoms with Gasteiger partial charge in [0.15, 0.2) is 5.17 Å². The Morgan fingerprint density at radius 1 is 1.26 bits per heavy atom. The average molecular weight is 349 g/mol. The number of para-hydroxylation sites is 1. The van der Waals surface area contributed by atoms with Crippen LogP contribution in [0.25, 0.3) is 0 Å². The SMILES string of the molecule is C[C@@H]1CN(C(=O)c2ccc(F)cc2)C(=Nc2ccccc2Cl)S1. The zero-order valence-corrected chi connectivity index (χ0v) is 13.9. The number of amidine groups is 1. The Kier molecular flexibility index (Phi) is 4.68. The summed E-state index contributed by atoms with van der Waals surface area (Å²) in [5.74, 6) is -0.552. The second-order valence-electron chi connectivity index (χ2n) is 5.20. The van der Waals surface area contributed by atoms with Crippen molar-refractivity contribution in [1.82, 2.24) is 4.90 Å². The highest BCUT2D eigenvalue weighted by molar-refractivity contribution is 8.14. The summed E-state index contributed by atoms with van der Waals surface area (Å²) in [6, 6.07) is 12.8. The number of thioether (sulfide) groups is 1. The van der Waals surface area contributed by atoms with Crippen LogP contribution in [0.5, 0.6) is 0 Å². The van der Waals surface area contributed by atoms with E-state index in [0.717, 1.165) is 0 Å². The molecule has 0 spiro atoms. The molecule has 2 aromatic rings. The molecule has 0 aliphatic carbocycles. The van der Waals surface area contributed by atoms with Gasteiger partial charge in [0.1, 0.15) is 5.82 Å². The van der Waals surface area contributed by atoms with E-state index in [4.69, 9.17) is 11.6 Å². The van der Waals surface area contributed by atoms with Crippen molar-refractivity contribution >= 4 is 40.1 Å². The second-order valence-corrected chi connectivity index (χ2v) is 7.01. The molecule has 1 saturated heterocycles. The number of aliphatic imine (C=N–C) groups is 1. The van der Waals surface area contributed by atoms with Crippen molar-refractivity contribution in [2.45, 2.75) is 12.2 Å². The Bertz CT molecular complexity index is 763. The molecule has 3 rings (SSSR count). The molecule has 0 unspecified atom stereocenters. The Labute approximate surface area is 143 Å². The molecule has 0 N–H and O–H groups in total. The van der Waals surface area contributed by atoms with Gasteiger partial charge in [-0.05, 0) is 36.4 Å². The Hall–Kier alpha value is -1.85. The largest absolute Gasteiger partial charge is 0.286 e. The first kappa shape index (κ1) is 16.0. The number of benzene rings is 2. The van der Waals surface area contributed by atoms with Crippen LogP contribution in [0.15, 0.2) is 53.5 Å². The summed E-state index contributed by atoms with van der Waals surface area (Å²) in [5.41, 5.74) is 1.07. The number of carbonyl (C=O) groups excluding carboxylic acids is 1. The zero-order chi connectivity index (χ0) is 16.4. The van der Waals surface area contributed by atoms with E-state index in [2.05, 4.69) is 4.99 Å². The maximum atomic E-state index is 13.0. The lowest BCUT2D eigenvalue weighted by Gasteiger charge is -2.16. The van der Waals surface area contributed by atoms with Crippen LogP contribution in [0.1, 0.15) is 17.3 Å². The van der Waals surface area contributed by atoms with Crippen LogP contribution in [0.3, 0.4) is 0 Å². The third-order valence-electron chi connectivity index (χ3n) is 3.38. The van der Waals surface area contributed by atoms with Gasteiger partial charge in [-0.2, -0.15) is 0 Å². The van der Waals surface area contributed by atoms with Gasteiger partial charge in [-0.1, -0.05) is 42.4 Å². The third kappa shape index (κ3) is 3.57. The molecule has 0 bridgehead atoms. The van der Waals surface area contributed by atoms with E-state index in [-0.39, 0.29) is 17.0 Å². The van der Waals surface area contributed by atoms with Crippen molar-refractivity contribution in [1.29, 1.82) is 0 Å². The van der Waals surface area contributed by atoms with E-state index in [9.17, 15) is 9.18 Å². The van der Waals surface area contributed by atoms with E-state index in [1.54, 1.807) is 17.0 Å². The van der Waals surface area contributed by atoms with Gasteiger partial charge in [-0.3, -0.25) is 9.69 Å². The summed E-state index contributed by atoms with van der Waals surface area (Å²) in [7, 11) is 0. The molecule has 23 heavy (non-hydrogen) atoms. The summed E-state index contributed by atoms with van der Waals surface area (Å²) in [4.78, 5) is 18.8. The molecule has 2 aromatic carbocycles. The molecule has 0 aromatic heterocycles. The summed E-state index contributed by atoms with van der Waals surface area (Å²) in [6.07, 6.45) is 0. The molecular formula is C17H14ClFN2OS. The molecule has 1 heterocycles. The van der Waals surface area contributed by atoms with Crippen molar-refractivity contribution in [2.24, 2.45) is 4.99 Å². The van der Waals surface area contributed by atoms with Crippen molar-refractivity contribution in [3.8, 4) is 0 Å². The van der Waals surface area contributed by atoms with Gasteiger partial charge in [0.25, 0.3) is 5.91 Å². The minimum atomic E-state index is -0.365. The molecule has 1 amide bonds. The fraction of sp³-hybridized carbons (Fsp3) is 0.176. The Morgan fingerprint density at radius 3 is 2.65 bits per heavy atom. The van der Waals surface area contributed by atoms with E-state index in [0.29, 0.717) is 28.0 Å². The number of halogens is 2. The van der Waals surface area contributed by atoms with Gasteiger partial charge >= 0.3 is 0 Å². The van der Waals surface area contributed by atoms with Gasteiger partial charge in [-0.25, -0.2) is 9.38 Å². The molecule has 1 fully saturated rings. The molecule has 6 heteroatoms. The smallest absolute Gasteiger partial charge is 0.259 e. The van der Waals surface area contributed by atoms with Crippen molar-refractivity contribution in [3.05, 3.63) is 64.9 Å². The Balaban J connectivity index is 1.92. The number of amides is 1. The van der Waals surface area contributed by atoms with Crippen molar-refractivity contribution < 1.29 is 9.18 Å². The quantitative estimate of drug-likeness (QED) is 0.785. The molecule has 0 saturated carbocycles. The molecule has 0 radical (unpaired) electrons. The maximum Gasteiger partial charge on any atom is 0.259 e. The normalized spacial score (nSPS) is 19.3. The van der Waals surface area contributed by atoms with Gasteiger partial charge in [0, 0.05) is 17.4 Å². The minimum Gasteiger partial charge on any atom is -0.286 e. The predicted octanol–water partition coefficient (Wildman–Crippen LogP) is 4.74. The number of carbonyl (C=O) groups is 1. The monoisotopic (exact) mass is 348 g/mol. The lowest BCUT2D eigenvalue weighted by Crippen LogP contribution is -2.32. The standard InChI is InChI=1S/C17H14ClFN2OS/c1-11-10-21(16(22)12-6-8-13(19)9-7-12)17(23-11)20-15-5-3-2-4-14(15)18/h2-9,11H,10H2,1H3/t11-/m1/s1. The summed E-state index contributed by atoms with van der Waals surface area (Å²) in [5, 5.41) is 1.38. The van der Waals surface area contributed by atoms with Crippen LogP contribution in [-0.2, 0) is 0 Å².